The van der Waals surface area contributed by atoms with Crippen molar-refractivity contribution in [2.45, 2.75) is 5.16 Å². The first-order valence-corrected chi connectivity index (χ1v) is 6.63. The number of benzene rings is 1. The number of hydrogen-bond donors (Lipinski definition) is 1. The van der Waals surface area contributed by atoms with Gasteiger partial charge in [0, 0.05) is 5.56 Å². The van der Waals surface area contributed by atoms with Gasteiger partial charge in [0.15, 0.2) is 11.0 Å². The van der Waals surface area contributed by atoms with Gasteiger partial charge in [-0.05, 0) is 34.3 Å². The van der Waals surface area contributed by atoms with Crippen LogP contribution < -0.4 is 5.73 Å². The van der Waals surface area contributed by atoms with Gasteiger partial charge >= 0.3 is 0 Å². The molecule has 0 unspecified atom stereocenters. The molecule has 0 bridgehead atoms. The molecule has 1 aromatic heterocycles. The fourth-order valence-electron chi connectivity index (χ4n) is 1.26. The first-order chi connectivity index (χ1) is 8.11. The lowest BCUT2D eigenvalue weighted by Gasteiger charge is -2.05. The number of nitrogens with two attached hydrogens (primary N) is 1. The molecule has 1 heterocycles. The number of rotatable bonds is 2. The molecule has 0 fully saturated rings. The van der Waals surface area contributed by atoms with E-state index < -0.39 is 0 Å². The predicted octanol–water partition coefficient (Wildman–Crippen LogP) is 2.74. The van der Waals surface area contributed by atoms with Gasteiger partial charge in [0.25, 0.3) is 0 Å². The average Bonchev–Trinajstić information content (AvgIpc) is 2.31. The van der Waals surface area contributed by atoms with Crippen LogP contribution in [0.3, 0.4) is 0 Å². The fraction of sp³-hybridized carbons (Fsp3) is 0.100. The second-order valence-electron chi connectivity index (χ2n) is 3.11. The predicted molar refractivity (Wildman–Crippen MR) is 69.1 cm³/mol. The van der Waals surface area contributed by atoms with E-state index >= 15 is 0 Å². The van der Waals surface area contributed by atoms with Gasteiger partial charge in [-0.2, -0.15) is 9.97 Å². The average molecular weight is 315 g/mol. The third-order valence-corrected chi connectivity index (χ3v) is 3.36. The molecule has 1 aromatic carbocycles. The number of hydrogen-bond acceptors (Lipinski definition) is 5. The highest BCUT2D eigenvalue weighted by atomic mass is 79.9. The molecular formula is C10H8BrFN4S. The van der Waals surface area contributed by atoms with Crippen LogP contribution >= 0.6 is 27.7 Å². The SMILES string of the molecule is CSc1nc(N)nc(-c2cccc(F)c2Br)n1. The zero-order chi connectivity index (χ0) is 12.4. The maximum atomic E-state index is 13.4. The van der Waals surface area contributed by atoms with Gasteiger partial charge in [0.05, 0.1) is 4.47 Å². The Bertz CT molecular complexity index is 564. The fourth-order valence-corrected chi connectivity index (χ4v) is 2.06. The van der Waals surface area contributed by atoms with Crippen molar-refractivity contribution in [3.8, 4) is 11.4 Å². The van der Waals surface area contributed by atoms with Crippen LogP contribution in [-0.4, -0.2) is 21.2 Å². The van der Waals surface area contributed by atoms with E-state index in [4.69, 9.17) is 5.73 Å². The van der Waals surface area contributed by atoms with E-state index in [1.54, 1.807) is 12.1 Å². The Morgan fingerprint density at radius 1 is 1.29 bits per heavy atom. The molecule has 88 valence electrons. The van der Waals surface area contributed by atoms with Crippen molar-refractivity contribution < 1.29 is 4.39 Å². The van der Waals surface area contributed by atoms with Crippen molar-refractivity contribution in [1.82, 2.24) is 15.0 Å². The van der Waals surface area contributed by atoms with Gasteiger partial charge in [0.1, 0.15) is 5.82 Å². The van der Waals surface area contributed by atoms with Crippen LogP contribution in [0.25, 0.3) is 11.4 Å². The molecule has 0 spiro atoms. The minimum absolute atomic E-state index is 0.121. The second-order valence-corrected chi connectivity index (χ2v) is 4.67. The monoisotopic (exact) mass is 314 g/mol. The first kappa shape index (κ1) is 12.3. The molecule has 0 aliphatic heterocycles. The van der Waals surface area contributed by atoms with Crippen LogP contribution in [0.1, 0.15) is 0 Å². The minimum Gasteiger partial charge on any atom is -0.368 e. The van der Waals surface area contributed by atoms with Gasteiger partial charge in [-0.3, -0.25) is 0 Å². The van der Waals surface area contributed by atoms with E-state index in [1.165, 1.54) is 17.8 Å². The number of nitrogens with zero attached hydrogens (tertiary/aromatic N) is 3. The number of nitrogen functional groups attached to an aromatic ring is 1. The highest BCUT2D eigenvalue weighted by Gasteiger charge is 2.12. The van der Waals surface area contributed by atoms with Crippen molar-refractivity contribution in [3.05, 3.63) is 28.5 Å². The summed E-state index contributed by atoms with van der Waals surface area (Å²) < 4.78 is 13.7. The molecule has 0 saturated carbocycles. The Labute approximate surface area is 110 Å². The zero-order valence-corrected chi connectivity index (χ0v) is 11.2. The summed E-state index contributed by atoms with van der Waals surface area (Å²) in [6.45, 7) is 0. The van der Waals surface area contributed by atoms with Crippen molar-refractivity contribution in [2.24, 2.45) is 0 Å². The van der Waals surface area contributed by atoms with E-state index in [-0.39, 0.29) is 11.8 Å². The zero-order valence-electron chi connectivity index (χ0n) is 8.82. The van der Waals surface area contributed by atoms with E-state index in [9.17, 15) is 4.39 Å². The molecule has 2 N–H and O–H groups in total. The summed E-state index contributed by atoms with van der Waals surface area (Å²) in [5.74, 6) is 0.107. The van der Waals surface area contributed by atoms with E-state index in [2.05, 4.69) is 30.9 Å². The molecule has 2 rings (SSSR count). The molecule has 0 saturated heterocycles. The number of halogens is 2. The molecule has 7 heteroatoms. The first-order valence-electron chi connectivity index (χ1n) is 4.61. The third kappa shape index (κ3) is 2.55. The van der Waals surface area contributed by atoms with E-state index in [0.717, 1.165) is 0 Å². The molecule has 2 aromatic rings. The highest BCUT2D eigenvalue weighted by molar-refractivity contribution is 9.10. The molecule has 0 amide bonds. The summed E-state index contributed by atoms with van der Waals surface area (Å²) in [5, 5.41) is 0.503. The standard InChI is InChI=1S/C10H8BrFN4S/c1-17-10-15-8(14-9(13)16-10)5-3-2-4-6(12)7(5)11/h2-4H,1H3,(H2,13,14,15,16). The Morgan fingerprint density at radius 3 is 2.76 bits per heavy atom. The van der Waals surface area contributed by atoms with Crippen LogP contribution in [-0.2, 0) is 0 Å². The number of thioether (sulfide) groups is 1. The van der Waals surface area contributed by atoms with Crippen molar-refractivity contribution >= 4 is 33.6 Å². The van der Waals surface area contributed by atoms with E-state index in [0.29, 0.717) is 21.0 Å². The normalized spacial score (nSPS) is 10.5. The van der Waals surface area contributed by atoms with Crippen molar-refractivity contribution in [1.29, 1.82) is 0 Å². The van der Waals surface area contributed by atoms with Crippen molar-refractivity contribution in [3.63, 3.8) is 0 Å². The lowest BCUT2D eigenvalue weighted by Crippen LogP contribution is -2.02. The van der Waals surface area contributed by atoms with E-state index in [1.807, 2.05) is 6.26 Å². The van der Waals surface area contributed by atoms with Crippen LogP contribution in [0.5, 0.6) is 0 Å². The van der Waals surface area contributed by atoms with Gasteiger partial charge in [-0.25, -0.2) is 9.37 Å². The number of anilines is 1. The largest absolute Gasteiger partial charge is 0.368 e. The molecule has 0 radical (unpaired) electrons. The summed E-state index contributed by atoms with van der Waals surface area (Å²) in [6, 6.07) is 4.66. The highest BCUT2D eigenvalue weighted by Crippen LogP contribution is 2.28. The van der Waals surface area contributed by atoms with Gasteiger partial charge in [-0.15, -0.1) is 0 Å². The van der Waals surface area contributed by atoms with Crippen molar-refractivity contribution in [2.75, 3.05) is 12.0 Å². The summed E-state index contributed by atoms with van der Waals surface area (Å²) in [7, 11) is 0. The Morgan fingerprint density at radius 2 is 2.06 bits per heavy atom. The minimum atomic E-state index is -0.368. The smallest absolute Gasteiger partial charge is 0.224 e. The summed E-state index contributed by atoms with van der Waals surface area (Å²) in [5.41, 5.74) is 6.13. The summed E-state index contributed by atoms with van der Waals surface area (Å²) >= 11 is 4.52. The van der Waals surface area contributed by atoms with Crippen LogP contribution in [0.15, 0.2) is 27.8 Å². The second kappa shape index (κ2) is 4.97. The Hall–Kier alpha value is -1.21. The topological polar surface area (TPSA) is 64.7 Å². The molecule has 0 aliphatic rings. The molecule has 17 heavy (non-hydrogen) atoms. The Balaban J connectivity index is 2.60. The summed E-state index contributed by atoms with van der Waals surface area (Å²) in [4.78, 5) is 12.1. The maximum absolute atomic E-state index is 13.4. The Kier molecular flexibility index (Phi) is 3.58. The lowest BCUT2D eigenvalue weighted by atomic mass is 10.2. The maximum Gasteiger partial charge on any atom is 0.224 e. The van der Waals surface area contributed by atoms with Crippen LogP contribution in [0, 0.1) is 5.82 Å². The lowest BCUT2D eigenvalue weighted by molar-refractivity contribution is 0.621. The molecule has 0 atom stereocenters. The van der Waals surface area contributed by atoms with Gasteiger partial charge in [-0.1, -0.05) is 17.8 Å². The van der Waals surface area contributed by atoms with Crippen LogP contribution in [0.4, 0.5) is 10.3 Å². The quantitative estimate of drug-likeness (QED) is 0.863. The van der Waals surface area contributed by atoms with Gasteiger partial charge < -0.3 is 5.73 Å². The number of aromatic nitrogens is 3. The van der Waals surface area contributed by atoms with Crippen LogP contribution in [0.2, 0.25) is 0 Å². The molecular weight excluding hydrogens is 307 g/mol. The third-order valence-electron chi connectivity index (χ3n) is 2.01. The molecule has 0 aliphatic carbocycles. The molecule has 4 nitrogen and oxygen atoms in total. The van der Waals surface area contributed by atoms with Gasteiger partial charge in [0.2, 0.25) is 5.95 Å². The summed E-state index contributed by atoms with van der Waals surface area (Å²) in [6.07, 6.45) is 1.83.